The predicted octanol–water partition coefficient (Wildman–Crippen LogP) is 3.38. The maximum absolute atomic E-state index is 14.1. The number of aromatic nitrogens is 6. The van der Waals surface area contributed by atoms with Gasteiger partial charge in [0.25, 0.3) is 0 Å². The molecule has 0 radical (unpaired) electrons. The minimum Gasteiger partial charge on any atom is -0.508 e. The van der Waals surface area contributed by atoms with Gasteiger partial charge in [-0.05, 0) is 36.2 Å². The standard InChI is InChI=1S/C25H24F2N8O2/c26-17-5-6-18-21(20(17)27)31-19(30-18)13-28-23-22-24(33-25(32-23)34-9-11-37-12-10-34)35(14-29-22)8-7-15-1-3-16(36)4-2-15/h1-6,14,36H,7-13H2,(H,30,31)(H,28,32,33). The monoisotopic (exact) mass is 506 g/mol. The zero-order valence-electron chi connectivity index (χ0n) is 19.8. The number of aryl methyl sites for hydroxylation is 2. The van der Waals surface area contributed by atoms with Crippen LogP contribution >= 0.6 is 0 Å². The molecule has 5 aromatic rings. The van der Waals surface area contributed by atoms with E-state index in [9.17, 15) is 13.9 Å². The third kappa shape index (κ3) is 4.62. The number of morpholine rings is 1. The highest BCUT2D eigenvalue weighted by Crippen LogP contribution is 2.25. The van der Waals surface area contributed by atoms with Gasteiger partial charge in [0.15, 0.2) is 28.6 Å². The highest BCUT2D eigenvalue weighted by molar-refractivity contribution is 5.84. The molecule has 0 unspecified atom stereocenters. The van der Waals surface area contributed by atoms with E-state index in [2.05, 4.69) is 25.2 Å². The van der Waals surface area contributed by atoms with E-state index in [1.54, 1.807) is 18.5 Å². The lowest BCUT2D eigenvalue weighted by atomic mass is 10.1. The van der Waals surface area contributed by atoms with E-state index < -0.39 is 11.6 Å². The molecular formula is C25H24F2N8O2. The molecule has 12 heteroatoms. The van der Waals surface area contributed by atoms with Crippen LogP contribution in [0.1, 0.15) is 11.4 Å². The molecule has 0 spiro atoms. The van der Waals surface area contributed by atoms with Crippen molar-refractivity contribution in [1.82, 2.24) is 29.5 Å². The largest absolute Gasteiger partial charge is 0.508 e. The zero-order valence-corrected chi connectivity index (χ0v) is 19.8. The van der Waals surface area contributed by atoms with E-state index in [4.69, 9.17) is 14.7 Å². The number of imidazole rings is 2. The van der Waals surface area contributed by atoms with Gasteiger partial charge in [0, 0.05) is 19.6 Å². The number of nitrogens with one attached hydrogen (secondary N) is 2. The lowest BCUT2D eigenvalue weighted by molar-refractivity contribution is 0.122. The van der Waals surface area contributed by atoms with Gasteiger partial charge in [-0.3, -0.25) is 0 Å². The molecule has 10 nitrogen and oxygen atoms in total. The average molecular weight is 507 g/mol. The van der Waals surface area contributed by atoms with Crippen molar-refractivity contribution < 1.29 is 18.6 Å². The van der Waals surface area contributed by atoms with Crippen molar-refractivity contribution in [3.05, 3.63) is 65.7 Å². The normalized spacial score (nSPS) is 14.1. The van der Waals surface area contributed by atoms with Crippen LogP contribution in [0.15, 0.2) is 42.7 Å². The topological polar surface area (TPSA) is 117 Å². The number of hydrogen-bond donors (Lipinski definition) is 3. The summed E-state index contributed by atoms with van der Waals surface area (Å²) in [4.78, 5) is 23.4. The summed E-state index contributed by atoms with van der Waals surface area (Å²) in [6.45, 7) is 3.35. The van der Waals surface area contributed by atoms with Crippen LogP contribution in [0.5, 0.6) is 5.75 Å². The van der Waals surface area contributed by atoms with Crippen LogP contribution in [0.25, 0.3) is 22.2 Å². The second-order valence-corrected chi connectivity index (χ2v) is 8.79. The molecule has 37 heavy (non-hydrogen) atoms. The fourth-order valence-corrected chi connectivity index (χ4v) is 4.36. The highest BCUT2D eigenvalue weighted by Gasteiger charge is 2.20. The van der Waals surface area contributed by atoms with Gasteiger partial charge in [-0.1, -0.05) is 12.1 Å². The molecule has 3 N–H and O–H groups in total. The molecule has 1 aliphatic heterocycles. The lowest BCUT2D eigenvalue weighted by Crippen LogP contribution is -2.37. The van der Waals surface area contributed by atoms with Crippen LogP contribution in [0.4, 0.5) is 20.5 Å². The Morgan fingerprint density at radius 1 is 1.00 bits per heavy atom. The summed E-state index contributed by atoms with van der Waals surface area (Å²) in [5, 5.41) is 12.8. The molecule has 2 aromatic carbocycles. The molecule has 4 heterocycles. The Labute approximate surface area is 210 Å². The van der Waals surface area contributed by atoms with Gasteiger partial charge in [0.2, 0.25) is 5.95 Å². The third-order valence-electron chi connectivity index (χ3n) is 6.34. The fraction of sp³-hybridized carbons (Fsp3) is 0.280. The molecule has 0 aliphatic carbocycles. The number of phenolic OH excluding ortho intramolecular Hbond substituents is 1. The first-order valence-electron chi connectivity index (χ1n) is 11.9. The third-order valence-corrected chi connectivity index (χ3v) is 6.34. The van der Waals surface area contributed by atoms with Gasteiger partial charge >= 0.3 is 0 Å². The lowest BCUT2D eigenvalue weighted by Gasteiger charge is -2.27. The Hall–Kier alpha value is -4.32. The van der Waals surface area contributed by atoms with Crippen molar-refractivity contribution in [2.45, 2.75) is 19.5 Å². The van der Waals surface area contributed by atoms with Gasteiger partial charge in [0.1, 0.15) is 17.1 Å². The van der Waals surface area contributed by atoms with Crippen LogP contribution in [0, 0.1) is 11.6 Å². The van der Waals surface area contributed by atoms with Crippen molar-refractivity contribution in [2.24, 2.45) is 0 Å². The number of hydrogen-bond acceptors (Lipinski definition) is 8. The number of ether oxygens (including phenoxy) is 1. The molecule has 190 valence electrons. The minimum atomic E-state index is -0.980. The predicted molar refractivity (Wildman–Crippen MR) is 134 cm³/mol. The summed E-state index contributed by atoms with van der Waals surface area (Å²) in [5.41, 5.74) is 2.72. The first kappa shape index (κ1) is 23.1. The summed E-state index contributed by atoms with van der Waals surface area (Å²) in [7, 11) is 0. The molecular weight excluding hydrogens is 482 g/mol. The first-order valence-corrected chi connectivity index (χ1v) is 11.9. The summed E-state index contributed by atoms with van der Waals surface area (Å²) in [6, 6.07) is 9.63. The Morgan fingerprint density at radius 3 is 2.62 bits per heavy atom. The van der Waals surface area contributed by atoms with Crippen molar-refractivity contribution in [1.29, 1.82) is 0 Å². The second kappa shape index (κ2) is 9.62. The van der Waals surface area contributed by atoms with Crippen LogP contribution in [0.3, 0.4) is 0 Å². The number of halogens is 2. The number of rotatable bonds is 7. The van der Waals surface area contributed by atoms with Gasteiger partial charge in [-0.15, -0.1) is 0 Å². The molecule has 6 rings (SSSR count). The van der Waals surface area contributed by atoms with E-state index in [0.717, 1.165) is 18.1 Å². The number of anilines is 2. The quantitative estimate of drug-likeness (QED) is 0.308. The van der Waals surface area contributed by atoms with E-state index in [0.29, 0.717) is 67.1 Å². The number of aromatic hydroxyl groups is 1. The summed E-state index contributed by atoms with van der Waals surface area (Å²) in [5.74, 6) is -0.182. The Bertz CT molecular complexity index is 1560. The SMILES string of the molecule is Oc1ccc(CCn2cnc3c(NCc4nc5c(F)c(F)ccc5[nH]4)nc(N4CCOCC4)nc32)cc1. The van der Waals surface area contributed by atoms with Crippen LogP contribution in [-0.4, -0.2) is 60.9 Å². The zero-order chi connectivity index (χ0) is 25.4. The summed E-state index contributed by atoms with van der Waals surface area (Å²) >= 11 is 0. The number of phenols is 1. The molecule has 1 aliphatic rings. The molecule has 3 aromatic heterocycles. The molecule has 1 fully saturated rings. The van der Waals surface area contributed by atoms with Crippen molar-refractivity contribution in [2.75, 3.05) is 36.5 Å². The molecule has 0 amide bonds. The highest BCUT2D eigenvalue weighted by atomic mass is 19.2. The second-order valence-electron chi connectivity index (χ2n) is 8.79. The van der Waals surface area contributed by atoms with E-state index >= 15 is 0 Å². The van der Waals surface area contributed by atoms with Crippen molar-refractivity contribution in [3.63, 3.8) is 0 Å². The first-order chi connectivity index (χ1) is 18.0. The number of benzene rings is 2. The van der Waals surface area contributed by atoms with Crippen LogP contribution < -0.4 is 10.2 Å². The van der Waals surface area contributed by atoms with Gasteiger partial charge < -0.3 is 29.6 Å². The molecule has 0 saturated carbocycles. The molecule has 0 bridgehead atoms. The van der Waals surface area contributed by atoms with E-state index in [1.165, 1.54) is 6.07 Å². The summed E-state index contributed by atoms with van der Waals surface area (Å²) in [6.07, 6.45) is 2.46. The van der Waals surface area contributed by atoms with Crippen LogP contribution in [0.2, 0.25) is 0 Å². The van der Waals surface area contributed by atoms with Crippen molar-refractivity contribution >= 4 is 34.0 Å². The maximum atomic E-state index is 14.1. The number of aromatic amines is 1. The Morgan fingerprint density at radius 2 is 1.81 bits per heavy atom. The van der Waals surface area contributed by atoms with Crippen molar-refractivity contribution in [3.8, 4) is 5.75 Å². The molecule has 1 saturated heterocycles. The van der Waals surface area contributed by atoms with Gasteiger partial charge in [-0.25, -0.2) is 18.7 Å². The Kier molecular flexibility index (Phi) is 6.01. The van der Waals surface area contributed by atoms with Gasteiger partial charge in [-0.2, -0.15) is 9.97 Å². The molecule has 0 atom stereocenters. The average Bonchev–Trinajstić information content (AvgIpc) is 3.54. The Balaban J connectivity index is 1.30. The number of H-pyrrole nitrogens is 1. The number of fused-ring (bicyclic) bond motifs is 2. The smallest absolute Gasteiger partial charge is 0.229 e. The van der Waals surface area contributed by atoms with E-state index in [-0.39, 0.29) is 17.8 Å². The minimum absolute atomic E-state index is 0.0443. The van der Waals surface area contributed by atoms with E-state index in [1.807, 2.05) is 16.7 Å². The fourth-order valence-electron chi connectivity index (χ4n) is 4.36. The number of nitrogens with zero attached hydrogens (tertiary/aromatic N) is 6. The van der Waals surface area contributed by atoms with Crippen LogP contribution in [-0.2, 0) is 24.2 Å². The summed E-state index contributed by atoms with van der Waals surface area (Å²) < 4.78 is 35.2. The maximum Gasteiger partial charge on any atom is 0.229 e. The van der Waals surface area contributed by atoms with Gasteiger partial charge in [0.05, 0.1) is 31.6 Å².